The maximum atomic E-state index is 8.65. The topological polar surface area (TPSA) is 50.7 Å². The summed E-state index contributed by atoms with van der Waals surface area (Å²) >= 11 is 0. The van der Waals surface area contributed by atoms with Crippen molar-refractivity contribution >= 4 is 0 Å². The number of hydroxylamine groups is 1. The molecule has 0 fully saturated rings. The molecule has 0 aliphatic heterocycles. The molecule has 0 aliphatic rings. The van der Waals surface area contributed by atoms with Crippen molar-refractivity contribution in [2.75, 3.05) is 14.2 Å². The molecule has 4 heteroatoms. The van der Waals surface area contributed by atoms with Crippen LogP contribution in [0.5, 0.6) is 11.5 Å². The first-order chi connectivity index (χ1) is 6.72. The predicted octanol–water partition coefficient (Wildman–Crippen LogP) is 1.49. The Kier molecular flexibility index (Phi) is 3.73. The predicted molar refractivity (Wildman–Crippen MR) is 52.9 cm³/mol. The van der Waals surface area contributed by atoms with Gasteiger partial charge in [-0.3, -0.25) is 0 Å². The van der Waals surface area contributed by atoms with Gasteiger partial charge < -0.3 is 14.7 Å². The highest BCUT2D eigenvalue weighted by Gasteiger charge is 2.08. The summed E-state index contributed by atoms with van der Waals surface area (Å²) < 4.78 is 10.3. The van der Waals surface area contributed by atoms with Gasteiger partial charge in [-0.2, -0.15) is 0 Å². The van der Waals surface area contributed by atoms with E-state index in [4.69, 9.17) is 14.7 Å². The zero-order valence-electron chi connectivity index (χ0n) is 8.63. The lowest BCUT2D eigenvalue weighted by atomic mass is 10.1. The van der Waals surface area contributed by atoms with Gasteiger partial charge in [0.05, 0.1) is 14.2 Å². The zero-order valence-corrected chi connectivity index (χ0v) is 8.63. The van der Waals surface area contributed by atoms with E-state index in [-0.39, 0.29) is 0 Å². The van der Waals surface area contributed by atoms with Gasteiger partial charge >= 0.3 is 0 Å². The zero-order chi connectivity index (χ0) is 10.6. The molecule has 0 bridgehead atoms. The molecule has 0 saturated carbocycles. The van der Waals surface area contributed by atoms with Crippen LogP contribution < -0.4 is 15.0 Å². The van der Waals surface area contributed by atoms with Gasteiger partial charge in [0, 0.05) is 18.2 Å². The third kappa shape index (κ3) is 2.16. The molecule has 1 rings (SSSR count). The molecule has 0 atom stereocenters. The van der Waals surface area contributed by atoms with Crippen LogP contribution in [0.1, 0.15) is 11.1 Å². The third-order valence-corrected chi connectivity index (χ3v) is 2.12. The number of rotatable bonds is 4. The molecule has 1 aromatic carbocycles. The van der Waals surface area contributed by atoms with Crippen LogP contribution in [0.2, 0.25) is 0 Å². The minimum absolute atomic E-state index is 0.360. The van der Waals surface area contributed by atoms with Crippen LogP contribution in [0.25, 0.3) is 0 Å². The van der Waals surface area contributed by atoms with E-state index in [0.717, 1.165) is 16.9 Å². The number of benzene rings is 1. The number of aryl methyl sites for hydroxylation is 1. The van der Waals surface area contributed by atoms with E-state index in [1.54, 1.807) is 20.3 Å². The number of ether oxygens (including phenoxy) is 2. The van der Waals surface area contributed by atoms with E-state index in [9.17, 15) is 0 Å². The Hall–Kier alpha value is -1.26. The van der Waals surface area contributed by atoms with Crippen LogP contribution >= 0.6 is 0 Å². The lowest BCUT2D eigenvalue weighted by Crippen LogP contribution is -2.09. The van der Waals surface area contributed by atoms with Crippen LogP contribution in [-0.4, -0.2) is 19.4 Å². The monoisotopic (exact) mass is 197 g/mol. The van der Waals surface area contributed by atoms with Gasteiger partial charge in [-0.25, -0.2) is 5.48 Å². The molecule has 0 aliphatic carbocycles. The van der Waals surface area contributed by atoms with E-state index in [1.165, 1.54) is 0 Å². The van der Waals surface area contributed by atoms with Crippen LogP contribution in [-0.2, 0) is 6.54 Å². The Morgan fingerprint density at radius 3 is 2.50 bits per heavy atom. The number of hydrogen-bond acceptors (Lipinski definition) is 4. The summed E-state index contributed by atoms with van der Waals surface area (Å²) in [4.78, 5) is 0. The largest absolute Gasteiger partial charge is 0.497 e. The smallest absolute Gasteiger partial charge is 0.127 e. The van der Waals surface area contributed by atoms with Crippen molar-refractivity contribution in [1.82, 2.24) is 5.48 Å². The Bertz CT molecular complexity index is 312. The molecule has 0 heterocycles. The van der Waals surface area contributed by atoms with Crippen LogP contribution in [0.4, 0.5) is 0 Å². The van der Waals surface area contributed by atoms with Gasteiger partial charge in [-0.05, 0) is 18.6 Å². The SMILES string of the molecule is COc1cc(C)c(CNO)c(OC)c1. The van der Waals surface area contributed by atoms with E-state index < -0.39 is 0 Å². The fraction of sp³-hybridized carbons (Fsp3) is 0.400. The second kappa shape index (κ2) is 4.83. The van der Waals surface area contributed by atoms with Crippen molar-refractivity contribution in [2.45, 2.75) is 13.5 Å². The van der Waals surface area contributed by atoms with Gasteiger partial charge in [0.1, 0.15) is 11.5 Å². The first-order valence-corrected chi connectivity index (χ1v) is 4.31. The standard InChI is InChI=1S/C10H15NO3/c1-7-4-8(13-2)5-10(14-3)9(7)6-11-12/h4-5,11-12H,6H2,1-3H3. The second-order valence-corrected chi connectivity index (χ2v) is 2.96. The molecule has 2 N–H and O–H groups in total. The summed E-state index contributed by atoms with van der Waals surface area (Å²) in [5, 5.41) is 8.65. The van der Waals surface area contributed by atoms with Crippen molar-refractivity contribution < 1.29 is 14.7 Å². The molecule has 0 unspecified atom stereocenters. The van der Waals surface area contributed by atoms with Crippen molar-refractivity contribution in [1.29, 1.82) is 0 Å². The minimum atomic E-state index is 0.360. The highest BCUT2D eigenvalue weighted by Crippen LogP contribution is 2.27. The first-order valence-electron chi connectivity index (χ1n) is 4.31. The summed E-state index contributed by atoms with van der Waals surface area (Å²) in [6.45, 7) is 2.30. The fourth-order valence-corrected chi connectivity index (χ4v) is 1.36. The first kappa shape index (κ1) is 10.8. The Balaban J connectivity index is 3.13. The summed E-state index contributed by atoms with van der Waals surface area (Å²) in [7, 11) is 3.20. The third-order valence-electron chi connectivity index (χ3n) is 2.12. The molecule has 78 valence electrons. The quantitative estimate of drug-likeness (QED) is 0.718. The average molecular weight is 197 g/mol. The number of nitrogens with one attached hydrogen (secondary N) is 1. The highest BCUT2D eigenvalue weighted by molar-refractivity contribution is 5.46. The summed E-state index contributed by atoms with van der Waals surface area (Å²) in [5.41, 5.74) is 4.06. The molecule has 0 amide bonds. The summed E-state index contributed by atoms with van der Waals surface area (Å²) in [6.07, 6.45) is 0. The lowest BCUT2D eigenvalue weighted by molar-refractivity contribution is 0.160. The normalized spacial score (nSPS) is 10.0. The lowest BCUT2D eigenvalue weighted by Gasteiger charge is -2.12. The molecular weight excluding hydrogens is 182 g/mol. The van der Waals surface area contributed by atoms with Gasteiger partial charge in [0.15, 0.2) is 0 Å². The van der Waals surface area contributed by atoms with Crippen molar-refractivity contribution in [3.8, 4) is 11.5 Å². The molecule has 4 nitrogen and oxygen atoms in total. The Morgan fingerprint density at radius 2 is 2.00 bits per heavy atom. The van der Waals surface area contributed by atoms with Crippen molar-refractivity contribution in [3.63, 3.8) is 0 Å². The van der Waals surface area contributed by atoms with Gasteiger partial charge in [-0.15, -0.1) is 0 Å². The maximum absolute atomic E-state index is 8.65. The molecule has 0 radical (unpaired) electrons. The number of hydrogen-bond donors (Lipinski definition) is 2. The van der Waals surface area contributed by atoms with E-state index >= 15 is 0 Å². The van der Waals surface area contributed by atoms with Gasteiger partial charge in [0.25, 0.3) is 0 Å². The Morgan fingerprint density at radius 1 is 1.29 bits per heavy atom. The fourth-order valence-electron chi connectivity index (χ4n) is 1.36. The number of methoxy groups -OCH3 is 2. The second-order valence-electron chi connectivity index (χ2n) is 2.96. The van der Waals surface area contributed by atoms with E-state index in [1.807, 2.05) is 13.0 Å². The van der Waals surface area contributed by atoms with Crippen LogP contribution in [0, 0.1) is 6.92 Å². The van der Waals surface area contributed by atoms with Crippen molar-refractivity contribution in [3.05, 3.63) is 23.3 Å². The molecule has 0 spiro atoms. The minimum Gasteiger partial charge on any atom is -0.497 e. The molecule has 0 saturated heterocycles. The average Bonchev–Trinajstić information content (AvgIpc) is 2.20. The molecule has 0 aromatic heterocycles. The van der Waals surface area contributed by atoms with Crippen LogP contribution in [0.3, 0.4) is 0 Å². The van der Waals surface area contributed by atoms with E-state index in [2.05, 4.69) is 5.48 Å². The summed E-state index contributed by atoms with van der Waals surface area (Å²) in [6, 6.07) is 3.69. The molecule has 14 heavy (non-hydrogen) atoms. The maximum Gasteiger partial charge on any atom is 0.127 e. The van der Waals surface area contributed by atoms with Crippen LogP contribution in [0.15, 0.2) is 12.1 Å². The van der Waals surface area contributed by atoms with Gasteiger partial charge in [-0.1, -0.05) is 0 Å². The molecular formula is C10H15NO3. The Labute approximate surface area is 83.4 Å². The van der Waals surface area contributed by atoms with Crippen molar-refractivity contribution in [2.24, 2.45) is 0 Å². The molecule has 1 aromatic rings. The summed E-state index contributed by atoms with van der Waals surface area (Å²) in [5.74, 6) is 1.46. The van der Waals surface area contributed by atoms with E-state index in [0.29, 0.717) is 12.3 Å². The highest BCUT2D eigenvalue weighted by atomic mass is 16.5. The van der Waals surface area contributed by atoms with Gasteiger partial charge in [0.2, 0.25) is 0 Å².